The van der Waals surface area contributed by atoms with Gasteiger partial charge in [0, 0.05) is 42.5 Å². The lowest BCUT2D eigenvalue weighted by Crippen LogP contribution is -2.35. The lowest BCUT2D eigenvalue weighted by atomic mass is 9.91. The third-order valence-corrected chi connectivity index (χ3v) is 6.46. The molecule has 1 aromatic heterocycles. The van der Waals surface area contributed by atoms with E-state index in [9.17, 15) is 18.8 Å². The van der Waals surface area contributed by atoms with Crippen LogP contribution in [0.4, 0.5) is 4.39 Å². The van der Waals surface area contributed by atoms with Crippen molar-refractivity contribution in [2.75, 3.05) is 26.2 Å². The van der Waals surface area contributed by atoms with E-state index in [4.69, 9.17) is 19.5 Å². The van der Waals surface area contributed by atoms with Crippen molar-refractivity contribution in [3.8, 4) is 0 Å². The number of nitrogens with zero attached hydrogens (tertiary/aromatic N) is 2. The Hall–Kier alpha value is -3.27. The molecule has 3 rings (SSSR count). The van der Waals surface area contributed by atoms with Gasteiger partial charge in [0.25, 0.3) is 0 Å². The van der Waals surface area contributed by atoms with E-state index in [0.717, 1.165) is 56.4 Å². The summed E-state index contributed by atoms with van der Waals surface area (Å²) in [6.07, 6.45) is 12.1. The smallest absolute Gasteiger partial charge is 0.328 e. The first-order valence-electron chi connectivity index (χ1n) is 13.4. The van der Waals surface area contributed by atoms with Crippen LogP contribution in [0.5, 0.6) is 0 Å². The maximum Gasteiger partial charge on any atom is 0.328 e. The second-order valence-electron chi connectivity index (χ2n) is 9.43. The Morgan fingerprint density at radius 2 is 1.68 bits per heavy atom. The number of fused-ring (bicyclic) bond motifs is 1. The molecule has 2 aromatic rings. The van der Waals surface area contributed by atoms with E-state index >= 15 is 0 Å². The number of esters is 1. The van der Waals surface area contributed by atoms with Crippen LogP contribution in [-0.2, 0) is 19.1 Å². The van der Waals surface area contributed by atoms with E-state index < -0.39 is 11.9 Å². The zero-order valence-corrected chi connectivity index (χ0v) is 22.1. The molecule has 10 heteroatoms. The van der Waals surface area contributed by atoms with Crippen LogP contribution in [0.15, 0.2) is 34.9 Å². The molecule has 0 radical (unpaired) electrons. The molecule has 0 saturated carbocycles. The molecule has 0 unspecified atom stereocenters. The van der Waals surface area contributed by atoms with Gasteiger partial charge in [-0.1, -0.05) is 50.6 Å². The monoisotopic (exact) mass is 534 g/mol. The first kappa shape index (κ1) is 31.0. The van der Waals surface area contributed by atoms with Crippen LogP contribution in [0.25, 0.3) is 11.0 Å². The topological polar surface area (TPSA) is 130 Å². The second kappa shape index (κ2) is 17.3. The van der Waals surface area contributed by atoms with E-state index in [0.29, 0.717) is 36.7 Å². The SMILES string of the molecule is CCCCCCCCCC(=O)OCCN1CCC(c2noc3cc(F)ccc23)CC1.O=C(O)C=CC(=O)O. The highest BCUT2D eigenvalue weighted by atomic mass is 19.1. The van der Waals surface area contributed by atoms with Gasteiger partial charge in [0.1, 0.15) is 12.4 Å². The van der Waals surface area contributed by atoms with Crippen LogP contribution in [0.3, 0.4) is 0 Å². The quantitative estimate of drug-likeness (QED) is 0.182. The van der Waals surface area contributed by atoms with E-state index in [2.05, 4.69) is 17.0 Å². The number of aromatic nitrogens is 1. The Morgan fingerprint density at radius 3 is 2.32 bits per heavy atom. The fourth-order valence-electron chi connectivity index (χ4n) is 4.39. The molecule has 210 valence electrons. The lowest BCUT2D eigenvalue weighted by molar-refractivity contribution is -0.144. The van der Waals surface area contributed by atoms with Gasteiger partial charge in [0.2, 0.25) is 0 Å². The highest BCUT2D eigenvalue weighted by molar-refractivity contribution is 5.89. The van der Waals surface area contributed by atoms with Gasteiger partial charge in [-0.15, -0.1) is 0 Å². The Balaban J connectivity index is 0.000000550. The molecule has 1 aromatic carbocycles. The summed E-state index contributed by atoms with van der Waals surface area (Å²) in [7, 11) is 0. The minimum atomic E-state index is -1.26. The van der Waals surface area contributed by atoms with Gasteiger partial charge in [-0.3, -0.25) is 9.69 Å². The van der Waals surface area contributed by atoms with Crippen LogP contribution in [0.2, 0.25) is 0 Å². The van der Waals surface area contributed by atoms with Gasteiger partial charge < -0.3 is 19.5 Å². The van der Waals surface area contributed by atoms with Gasteiger partial charge in [-0.25, -0.2) is 14.0 Å². The van der Waals surface area contributed by atoms with Crippen LogP contribution in [-0.4, -0.2) is 64.4 Å². The van der Waals surface area contributed by atoms with Crippen LogP contribution >= 0.6 is 0 Å². The highest BCUT2D eigenvalue weighted by Crippen LogP contribution is 2.32. The first-order valence-corrected chi connectivity index (χ1v) is 13.4. The molecule has 1 fully saturated rings. The number of hydrogen-bond donors (Lipinski definition) is 2. The number of hydrogen-bond acceptors (Lipinski definition) is 7. The van der Waals surface area contributed by atoms with Crippen molar-refractivity contribution in [3.63, 3.8) is 0 Å². The largest absolute Gasteiger partial charge is 0.478 e. The normalized spacial score (nSPS) is 14.4. The fourth-order valence-corrected chi connectivity index (χ4v) is 4.39. The molecule has 0 atom stereocenters. The average molecular weight is 535 g/mol. The van der Waals surface area contributed by atoms with Crippen molar-refractivity contribution in [1.29, 1.82) is 0 Å². The third-order valence-electron chi connectivity index (χ3n) is 6.46. The minimum Gasteiger partial charge on any atom is -0.478 e. The van der Waals surface area contributed by atoms with E-state index in [1.54, 1.807) is 6.07 Å². The number of aliphatic carboxylic acids is 2. The predicted octanol–water partition coefficient (Wildman–Crippen LogP) is 5.54. The van der Waals surface area contributed by atoms with Crippen LogP contribution in [0, 0.1) is 5.82 Å². The zero-order valence-electron chi connectivity index (χ0n) is 22.1. The molecule has 9 nitrogen and oxygen atoms in total. The Morgan fingerprint density at radius 1 is 1.05 bits per heavy atom. The number of halogens is 1. The summed E-state index contributed by atoms with van der Waals surface area (Å²) in [5.74, 6) is -2.56. The van der Waals surface area contributed by atoms with E-state index in [1.807, 2.05) is 0 Å². The molecule has 1 saturated heterocycles. The van der Waals surface area contributed by atoms with Crippen molar-refractivity contribution < 1.29 is 38.2 Å². The molecule has 38 heavy (non-hydrogen) atoms. The molecule has 0 spiro atoms. The molecular formula is C28H39FN2O7. The highest BCUT2D eigenvalue weighted by Gasteiger charge is 2.25. The average Bonchev–Trinajstić information content (AvgIpc) is 3.31. The summed E-state index contributed by atoms with van der Waals surface area (Å²) in [5, 5.41) is 20.7. The number of carbonyl (C=O) groups is 3. The number of unbranched alkanes of at least 4 members (excludes halogenated alkanes) is 6. The lowest BCUT2D eigenvalue weighted by Gasteiger charge is -2.30. The Kier molecular flexibility index (Phi) is 14.1. The van der Waals surface area contributed by atoms with Crippen molar-refractivity contribution in [3.05, 3.63) is 41.9 Å². The number of benzene rings is 1. The van der Waals surface area contributed by atoms with Crippen molar-refractivity contribution in [2.24, 2.45) is 0 Å². The molecule has 2 N–H and O–H groups in total. The summed E-state index contributed by atoms with van der Waals surface area (Å²) >= 11 is 0. The van der Waals surface area contributed by atoms with Crippen molar-refractivity contribution in [2.45, 2.75) is 77.0 Å². The molecule has 0 bridgehead atoms. The molecule has 0 amide bonds. The number of carboxylic acids is 2. The Bertz CT molecular complexity index is 1030. The second-order valence-corrected chi connectivity index (χ2v) is 9.43. The van der Waals surface area contributed by atoms with Crippen LogP contribution < -0.4 is 0 Å². The van der Waals surface area contributed by atoms with Gasteiger partial charge in [0.05, 0.1) is 5.69 Å². The van der Waals surface area contributed by atoms with Crippen molar-refractivity contribution in [1.82, 2.24) is 10.1 Å². The molecular weight excluding hydrogens is 495 g/mol. The summed E-state index contributed by atoms with van der Waals surface area (Å²) in [6, 6.07) is 4.61. The third kappa shape index (κ3) is 11.9. The fraction of sp³-hybridized carbons (Fsp3) is 0.571. The number of rotatable bonds is 14. The zero-order chi connectivity index (χ0) is 27.8. The number of carbonyl (C=O) groups excluding carboxylic acids is 1. The summed E-state index contributed by atoms with van der Waals surface area (Å²) in [4.78, 5) is 33.3. The molecule has 0 aliphatic carbocycles. The first-order chi connectivity index (χ1) is 18.3. The van der Waals surface area contributed by atoms with Crippen LogP contribution in [0.1, 0.15) is 82.7 Å². The molecule has 2 heterocycles. The van der Waals surface area contributed by atoms with Gasteiger partial charge >= 0.3 is 17.9 Å². The van der Waals surface area contributed by atoms with Gasteiger partial charge in [0.15, 0.2) is 5.58 Å². The van der Waals surface area contributed by atoms with E-state index in [1.165, 1.54) is 44.2 Å². The number of likely N-dealkylation sites (tertiary alicyclic amines) is 1. The molecule has 1 aliphatic heterocycles. The standard InChI is InChI=1S/C24H35FN2O3.C4H4O4/c1-2-3-4-5-6-7-8-9-23(28)29-17-16-27-14-12-19(13-15-27)24-21-11-10-20(25)18-22(21)30-26-24;5-3(6)1-2-4(7)8/h10-11,18-19H,2-9,12-17H2,1H3;1-2H,(H,5,6)(H,7,8). The van der Waals surface area contributed by atoms with Gasteiger partial charge in [-0.05, 0) is 44.5 Å². The van der Waals surface area contributed by atoms with Gasteiger partial charge in [-0.2, -0.15) is 0 Å². The number of piperidine rings is 1. The van der Waals surface area contributed by atoms with Crippen molar-refractivity contribution >= 4 is 28.9 Å². The minimum absolute atomic E-state index is 0.0697. The maximum atomic E-state index is 13.3. The Labute approximate surface area is 222 Å². The number of ether oxygens (including phenoxy) is 1. The summed E-state index contributed by atoms with van der Waals surface area (Å²) in [6.45, 7) is 5.34. The summed E-state index contributed by atoms with van der Waals surface area (Å²) < 4.78 is 24.0. The number of carboxylic acid groups (broad SMARTS) is 2. The maximum absolute atomic E-state index is 13.3. The molecule has 1 aliphatic rings. The summed E-state index contributed by atoms with van der Waals surface area (Å²) in [5.41, 5.74) is 1.45. The van der Waals surface area contributed by atoms with E-state index in [-0.39, 0.29) is 11.8 Å². The predicted molar refractivity (Wildman–Crippen MR) is 140 cm³/mol.